The maximum Gasteiger partial charge on any atom is 0.408 e. The summed E-state index contributed by atoms with van der Waals surface area (Å²) < 4.78 is 5.48. The highest BCUT2D eigenvalue weighted by Gasteiger charge is 2.36. The fraction of sp³-hybridized carbons (Fsp3) is 0.382. The average molecular weight is 590 g/mol. The highest BCUT2D eigenvalue weighted by atomic mass is 16.6. The molecular formula is C34H43N3O6. The minimum Gasteiger partial charge on any atom is -0.508 e. The first-order valence-electron chi connectivity index (χ1n) is 14.6. The smallest absolute Gasteiger partial charge is 0.408 e. The number of hydrogen-bond acceptors (Lipinski definition) is 6. The first-order valence-corrected chi connectivity index (χ1v) is 14.6. The Morgan fingerprint density at radius 1 is 0.884 bits per heavy atom. The monoisotopic (exact) mass is 589 g/mol. The van der Waals surface area contributed by atoms with Gasteiger partial charge in [-0.05, 0) is 81.1 Å². The van der Waals surface area contributed by atoms with Crippen molar-refractivity contribution in [3.05, 3.63) is 89.5 Å². The number of anilines is 1. The molecular weight excluding hydrogens is 546 g/mol. The third-order valence-electron chi connectivity index (χ3n) is 6.82. The van der Waals surface area contributed by atoms with Gasteiger partial charge in [0, 0.05) is 18.7 Å². The lowest BCUT2D eigenvalue weighted by Gasteiger charge is -2.35. The summed E-state index contributed by atoms with van der Waals surface area (Å²) in [4.78, 5) is 43.0. The number of phenols is 2. The maximum atomic E-state index is 14.5. The average Bonchev–Trinajstić information content (AvgIpc) is 2.94. The number of rotatable bonds is 12. The molecule has 0 aliphatic heterocycles. The van der Waals surface area contributed by atoms with Crippen LogP contribution >= 0.6 is 0 Å². The van der Waals surface area contributed by atoms with Gasteiger partial charge in [0.15, 0.2) is 0 Å². The normalized spacial score (nSPS) is 12.6. The molecule has 3 aromatic rings. The lowest BCUT2D eigenvalue weighted by atomic mass is 9.99. The van der Waals surface area contributed by atoms with Crippen molar-refractivity contribution in [2.24, 2.45) is 0 Å². The molecule has 0 spiro atoms. The molecule has 9 nitrogen and oxygen atoms in total. The number of aryl methyl sites for hydroxylation is 1. The minimum absolute atomic E-state index is 0.0301. The summed E-state index contributed by atoms with van der Waals surface area (Å²) in [6, 6.07) is 17.8. The number of aromatic hydroxyl groups is 2. The van der Waals surface area contributed by atoms with Gasteiger partial charge in [-0.1, -0.05) is 62.2 Å². The highest BCUT2D eigenvalue weighted by molar-refractivity contribution is 5.99. The van der Waals surface area contributed by atoms with Crippen molar-refractivity contribution < 1.29 is 29.3 Å². The third-order valence-corrected chi connectivity index (χ3v) is 6.82. The molecule has 0 aliphatic rings. The Hall–Kier alpha value is -4.53. The van der Waals surface area contributed by atoms with Gasteiger partial charge in [-0.2, -0.15) is 0 Å². The van der Waals surface area contributed by atoms with Gasteiger partial charge in [-0.15, -0.1) is 0 Å². The van der Waals surface area contributed by atoms with Gasteiger partial charge in [0.05, 0.1) is 0 Å². The van der Waals surface area contributed by atoms with E-state index < -0.39 is 35.6 Å². The lowest BCUT2D eigenvalue weighted by Crippen LogP contribution is -2.53. The fourth-order valence-corrected chi connectivity index (χ4v) is 4.66. The number of alkyl carbamates (subject to hydrolysis) is 1. The molecule has 0 fully saturated rings. The van der Waals surface area contributed by atoms with E-state index in [9.17, 15) is 24.6 Å². The number of ether oxygens (including phenoxy) is 1. The number of carbonyl (C=O) groups excluding carboxylic acids is 3. The molecule has 0 saturated heterocycles. The second kappa shape index (κ2) is 15.1. The summed E-state index contributed by atoms with van der Waals surface area (Å²) in [6.45, 7) is 9.38. The number of hydrogen-bond donors (Lipinski definition) is 4. The van der Waals surface area contributed by atoms with Crippen LogP contribution in [0.2, 0.25) is 0 Å². The molecule has 43 heavy (non-hydrogen) atoms. The van der Waals surface area contributed by atoms with Crippen molar-refractivity contribution in [1.82, 2.24) is 10.2 Å². The molecule has 9 heteroatoms. The summed E-state index contributed by atoms with van der Waals surface area (Å²) in [7, 11) is 0. The van der Waals surface area contributed by atoms with Gasteiger partial charge in [0.1, 0.15) is 29.2 Å². The standard InChI is InChI=1S/C34H43N3O6/c1-6-7-10-21-37(30(25-15-19-27(39)20-16-25)31(40)35-28-12-9-8-11-23(28)2)32(41)29(36-33(42)43-34(3,4)5)22-24-13-17-26(38)18-14-24/h8-9,11-20,29-30,38-39H,6-7,10,21-22H2,1-5H3,(H,35,40)(H,36,42). The molecule has 0 aromatic heterocycles. The Morgan fingerprint density at radius 2 is 1.49 bits per heavy atom. The minimum atomic E-state index is -1.08. The first-order chi connectivity index (χ1) is 20.4. The predicted molar refractivity (Wildman–Crippen MR) is 167 cm³/mol. The van der Waals surface area contributed by atoms with E-state index >= 15 is 0 Å². The Morgan fingerprint density at radius 3 is 2.07 bits per heavy atom. The SMILES string of the molecule is CCCCCN(C(=O)C(Cc1ccc(O)cc1)NC(=O)OC(C)(C)C)C(C(=O)Nc1ccccc1C)c1ccc(O)cc1. The number of phenolic OH excluding ortho intramolecular Hbond substituents is 2. The van der Waals surface area contributed by atoms with Crippen molar-refractivity contribution in [3.8, 4) is 11.5 Å². The number of nitrogens with one attached hydrogen (secondary N) is 2. The molecule has 0 bridgehead atoms. The Kier molecular flexibility index (Phi) is 11.6. The molecule has 3 amide bonds. The molecule has 2 unspecified atom stereocenters. The number of para-hydroxylation sites is 1. The van der Waals surface area contributed by atoms with E-state index in [1.165, 1.54) is 29.2 Å². The highest BCUT2D eigenvalue weighted by Crippen LogP contribution is 2.28. The van der Waals surface area contributed by atoms with Gasteiger partial charge in [-0.25, -0.2) is 4.79 Å². The van der Waals surface area contributed by atoms with Gasteiger partial charge >= 0.3 is 6.09 Å². The van der Waals surface area contributed by atoms with Gasteiger partial charge in [0.25, 0.3) is 5.91 Å². The van der Waals surface area contributed by atoms with Crippen LogP contribution in [0.4, 0.5) is 10.5 Å². The first kappa shape index (κ1) is 33.0. The van der Waals surface area contributed by atoms with E-state index in [4.69, 9.17) is 4.74 Å². The van der Waals surface area contributed by atoms with Crippen LogP contribution < -0.4 is 10.6 Å². The molecule has 0 saturated carbocycles. The van der Waals surface area contributed by atoms with Crippen molar-refractivity contribution in [2.45, 2.75) is 78.0 Å². The summed E-state index contributed by atoms with van der Waals surface area (Å²) >= 11 is 0. The van der Waals surface area contributed by atoms with Crippen molar-refractivity contribution in [2.75, 3.05) is 11.9 Å². The lowest BCUT2D eigenvalue weighted by molar-refractivity contribution is -0.140. The summed E-state index contributed by atoms with van der Waals surface area (Å²) in [5.41, 5.74) is 1.89. The van der Waals surface area contributed by atoms with E-state index in [1.807, 2.05) is 32.0 Å². The second-order valence-electron chi connectivity index (χ2n) is 11.6. The Labute approximate surface area is 253 Å². The van der Waals surface area contributed by atoms with Crippen molar-refractivity contribution >= 4 is 23.6 Å². The van der Waals surface area contributed by atoms with E-state index in [0.29, 0.717) is 23.2 Å². The van der Waals surface area contributed by atoms with Gasteiger partial charge in [0.2, 0.25) is 5.91 Å². The van der Waals surface area contributed by atoms with E-state index in [-0.39, 0.29) is 24.5 Å². The fourth-order valence-electron chi connectivity index (χ4n) is 4.66. The molecule has 2 atom stereocenters. The molecule has 3 aromatic carbocycles. The van der Waals surface area contributed by atoms with Crippen LogP contribution in [0.5, 0.6) is 11.5 Å². The van der Waals surface area contributed by atoms with Gasteiger partial charge < -0.3 is 30.5 Å². The number of carbonyl (C=O) groups is 3. The number of benzene rings is 3. The molecule has 230 valence electrons. The zero-order valence-electron chi connectivity index (χ0n) is 25.6. The van der Waals surface area contributed by atoms with Crippen LogP contribution in [0, 0.1) is 6.92 Å². The zero-order chi connectivity index (χ0) is 31.6. The molecule has 0 radical (unpaired) electrons. The van der Waals surface area contributed by atoms with Crippen LogP contribution in [-0.4, -0.2) is 51.2 Å². The molecule has 4 N–H and O–H groups in total. The number of amides is 3. The van der Waals surface area contributed by atoms with Crippen molar-refractivity contribution in [1.29, 1.82) is 0 Å². The Balaban J connectivity index is 2.07. The van der Waals surface area contributed by atoms with Crippen LogP contribution in [-0.2, 0) is 20.7 Å². The number of nitrogens with zero attached hydrogens (tertiary/aromatic N) is 1. The molecule has 3 rings (SSSR count). The van der Waals surface area contributed by atoms with Crippen LogP contribution in [0.3, 0.4) is 0 Å². The topological polar surface area (TPSA) is 128 Å². The van der Waals surface area contributed by atoms with E-state index in [1.54, 1.807) is 51.1 Å². The molecule has 0 heterocycles. The zero-order valence-corrected chi connectivity index (χ0v) is 25.6. The largest absolute Gasteiger partial charge is 0.508 e. The second-order valence-corrected chi connectivity index (χ2v) is 11.6. The van der Waals surface area contributed by atoms with E-state index in [2.05, 4.69) is 10.6 Å². The van der Waals surface area contributed by atoms with Crippen LogP contribution in [0.15, 0.2) is 72.8 Å². The maximum absolute atomic E-state index is 14.5. The third kappa shape index (κ3) is 10.1. The van der Waals surface area contributed by atoms with Gasteiger partial charge in [-0.3, -0.25) is 9.59 Å². The number of unbranched alkanes of at least 4 members (excludes halogenated alkanes) is 2. The Bertz CT molecular complexity index is 1370. The van der Waals surface area contributed by atoms with Crippen molar-refractivity contribution in [3.63, 3.8) is 0 Å². The summed E-state index contributed by atoms with van der Waals surface area (Å²) in [5, 5.41) is 25.5. The predicted octanol–water partition coefficient (Wildman–Crippen LogP) is 6.24. The quantitative estimate of drug-likeness (QED) is 0.185. The van der Waals surface area contributed by atoms with Crippen LogP contribution in [0.1, 0.15) is 69.7 Å². The van der Waals surface area contributed by atoms with Crippen LogP contribution in [0.25, 0.3) is 0 Å². The molecule has 0 aliphatic carbocycles. The summed E-state index contributed by atoms with van der Waals surface area (Å²) in [5.74, 6) is -0.783. The summed E-state index contributed by atoms with van der Waals surface area (Å²) in [6.07, 6.45) is 1.70. The van der Waals surface area contributed by atoms with E-state index in [0.717, 1.165) is 18.4 Å².